The van der Waals surface area contributed by atoms with Crippen LogP contribution in [0.15, 0.2) is 60.7 Å². The van der Waals surface area contributed by atoms with E-state index in [1.807, 2.05) is 24.3 Å². The fourth-order valence-corrected chi connectivity index (χ4v) is 2.76. The third-order valence-corrected chi connectivity index (χ3v) is 4.36. The van der Waals surface area contributed by atoms with Crippen molar-refractivity contribution >= 4 is 11.8 Å². The molecule has 140 valence electrons. The van der Waals surface area contributed by atoms with Crippen LogP contribution < -0.4 is 10.6 Å². The summed E-state index contributed by atoms with van der Waals surface area (Å²) in [7, 11) is 4.11. The summed E-state index contributed by atoms with van der Waals surface area (Å²) in [5.74, 6) is 1.46. The van der Waals surface area contributed by atoms with Gasteiger partial charge in [0.2, 0.25) is 5.95 Å². The summed E-state index contributed by atoms with van der Waals surface area (Å²) in [6.07, 6.45) is 0. The topological polar surface area (TPSA) is 53.1 Å². The van der Waals surface area contributed by atoms with E-state index in [1.165, 1.54) is 11.1 Å². The van der Waals surface area contributed by atoms with E-state index in [-0.39, 0.29) is 0 Å². The highest BCUT2D eigenvalue weighted by molar-refractivity contribution is 5.64. The van der Waals surface area contributed by atoms with Gasteiger partial charge in [0.25, 0.3) is 0 Å². The Morgan fingerprint density at radius 3 is 2.37 bits per heavy atom. The molecule has 0 saturated carbocycles. The third-order valence-electron chi connectivity index (χ3n) is 4.36. The first-order chi connectivity index (χ1) is 13.1. The number of anilines is 2. The maximum atomic E-state index is 4.69. The van der Waals surface area contributed by atoms with E-state index in [0.717, 1.165) is 36.7 Å². The van der Waals surface area contributed by atoms with E-state index >= 15 is 0 Å². The molecule has 0 bridgehead atoms. The Kier molecular flexibility index (Phi) is 6.39. The van der Waals surface area contributed by atoms with Crippen LogP contribution in [0.2, 0.25) is 0 Å². The standard InChI is InChI=1S/C22H27N5/c1-17-9-7-8-12-19(17)16-24-21-15-20(18-10-5-4-6-11-18)25-22(26-21)23-13-14-27(2)3/h4-12,15H,13-14,16H2,1-3H3,(H2,23,24,25,26). The Balaban J connectivity index is 1.81. The predicted molar refractivity (Wildman–Crippen MR) is 113 cm³/mol. The van der Waals surface area contributed by atoms with E-state index in [4.69, 9.17) is 4.98 Å². The molecular formula is C22H27N5. The molecule has 27 heavy (non-hydrogen) atoms. The van der Waals surface area contributed by atoms with Crippen LogP contribution >= 0.6 is 0 Å². The van der Waals surface area contributed by atoms with Gasteiger partial charge in [-0.3, -0.25) is 0 Å². The molecule has 5 nitrogen and oxygen atoms in total. The summed E-state index contributed by atoms with van der Waals surface area (Å²) in [5.41, 5.74) is 4.52. The van der Waals surface area contributed by atoms with Gasteiger partial charge in [-0.1, -0.05) is 54.6 Å². The minimum atomic E-state index is 0.644. The average Bonchev–Trinajstić information content (AvgIpc) is 2.68. The van der Waals surface area contributed by atoms with Crippen molar-refractivity contribution in [2.45, 2.75) is 13.5 Å². The highest BCUT2D eigenvalue weighted by atomic mass is 15.2. The first-order valence-electron chi connectivity index (χ1n) is 9.23. The maximum Gasteiger partial charge on any atom is 0.225 e. The molecule has 0 atom stereocenters. The van der Waals surface area contributed by atoms with Crippen molar-refractivity contribution in [3.05, 3.63) is 71.8 Å². The molecule has 3 rings (SSSR count). The van der Waals surface area contributed by atoms with Crippen molar-refractivity contribution in [3.8, 4) is 11.3 Å². The molecule has 0 aliphatic heterocycles. The van der Waals surface area contributed by atoms with Crippen LogP contribution in [0.5, 0.6) is 0 Å². The summed E-state index contributed by atoms with van der Waals surface area (Å²) in [4.78, 5) is 11.5. The van der Waals surface area contributed by atoms with Crippen LogP contribution in [0.4, 0.5) is 11.8 Å². The molecule has 5 heteroatoms. The number of likely N-dealkylation sites (N-methyl/N-ethyl adjacent to an activating group) is 1. The van der Waals surface area contributed by atoms with Gasteiger partial charge < -0.3 is 15.5 Å². The lowest BCUT2D eigenvalue weighted by Crippen LogP contribution is -2.21. The van der Waals surface area contributed by atoms with Crippen molar-refractivity contribution in [3.63, 3.8) is 0 Å². The van der Waals surface area contributed by atoms with E-state index in [9.17, 15) is 0 Å². The molecule has 0 radical (unpaired) electrons. The predicted octanol–water partition coefficient (Wildman–Crippen LogP) is 4.04. The normalized spacial score (nSPS) is 10.8. The second kappa shape index (κ2) is 9.14. The summed E-state index contributed by atoms with van der Waals surface area (Å²) in [5, 5.41) is 6.78. The molecule has 1 aromatic heterocycles. The fraction of sp³-hybridized carbons (Fsp3) is 0.273. The number of aromatic nitrogens is 2. The SMILES string of the molecule is Cc1ccccc1CNc1cc(-c2ccccc2)nc(NCCN(C)C)n1. The van der Waals surface area contributed by atoms with Gasteiger partial charge in [-0.05, 0) is 32.1 Å². The van der Waals surface area contributed by atoms with Crippen molar-refractivity contribution in [1.82, 2.24) is 14.9 Å². The van der Waals surface area contributed by atoms with Gasteiger partial charge in [-0.2, -0.15) is 4.98 Å². The monoisotopic (exact) mass is 361 g/mol. The molecule has 0 saturated heterocycles. The quantitative estimate of drug-likeness (QED) is 0.634. The van der Waals surface area contributed by atoms with E-state index < -0.39 is 0 Å². The van der Waals surface area contributed by atoms with Crippen molar-refractivity contribution in [2.24, 2.45) is 0 Å². The molecule has 0 aliphatic carbocycles. The van der Waals surface area contributed by atoms with Gasteiger partial charge in [-0.25, -0.2) is 4.98 Å². The number of rotatable bonds is 8. The second-order valence-corrected chi connectivity index (χ2v) is 6.84. The van der Waals surface area contributed by atoms with Gasteiger partial charge in [0, 0.05) is 31.3 Å². The molecule has 1 heterocycles. The summed E-state index contributed by atoms with van der Waals surface area (Å²) < 4.78 is 0. The van der Waals surface area contributed by atoms with Crippen molar-refractivity contribution in [1.29, 1.82) is 0 Å². The van der Waals surface area contributed by atoms with Crippen molar-refractivity contribution < 1.29 is 0 Å². The van der Waals surface area contributed by atoms with Crippen LogP contribution in [-0.4, -0.2) is 42.1 Å². The summed E-state index contributed by atoms with van der Waals surface area (Å²) in [6.45, 7) is 4.57. The molecule has 0 spiro atoms. The van der Waals surface area contributed by atoms with Crippen LogP contribution in [0.3, 0.4) is 0 Å². The number of benzene rings is 2. The van der Waals surface area contributed by atoms with Gasteiger partial charge in [-0.15, -0.1) is 0 Å². The van der Waals surface area contributed by atoms with Crippen LogP contribution in [0.1, 0.15) is 11.1 Å². The Labute approximate surface area is 161 Å². The molecule has 2 aromatic carbocycles. The highest BCUT2D eigenvalue weighted by Crippen LogP contribution is 2.22. The molecule has 2 N–H and O–H groups in total. The smallest absolute Gasteiger partial charge is 0.225 e. The number of nitrogens with one attached hydrogen (secondary N) is 2. The lowest BCUT2D eigenvalue weighted by molar-refractivity contribution is 0.425. The maximum absolute atomic E-state index is 4.69. The number of hydrogen-bond donors (Lipinski definition) is 2. The second-order valence-electron chi connectivity index (χ2n) is 6.84. The minimum absolute atomic E-state index is 0.644. The molecular weight excluding hydrogens is 334 g/mol. The summed E-state index contributed by atoms with van der Waals surface area (Å²) in [6, 6.07) is 20.6. The Bertz CT molecular complexity index is 862. The van der Waals surface area contributed by atoms with Crippen LogP contribution in [0, 0.1) is 6.92 Å². The van der Waals surface area contributed by atoms with Gasteiger partial charge >= 0.3 is 0 Å². The molecule has 3 aromatic rings. The van der Waals surface area contributed by atoms with Crippen molar-refractivity contribution in [2.75, 3.05) is 37.8 Å². The van der Waals surface area contributed by atoms with Gasteiger partial charge in [0.15, 0.2) is 0 Å². The Morgan fingerprint density at radius 1 is 0.889 bits per heavy atom. The van der Waals surface area contributed by atoms with Gasteiger partial charge in [0.05, 0.1) is 5.69 Å². The summed E-state index contributed by atoms with van der Waals surface area (Å²) >= 11 is 0. The highest BCUT2D eigenvalue weighted by Gasteiger charge is 2.07. The molecule has 0 unspecified atom stereocenters. The lowest BCUT2D eigenvalue weighted by atomic mass is 10.1. The van der Waals surface area contributed by atoms with Crippen LogP contribution in [-0.2, 0) is 6.54 Å². The Morgan fingerprint density at radius 2 is 1.63 bits per heavy atom. The van der Waals surface area contributed by atoms with E-state index in [2.05, 4.69) is 77.9 Å². The number of nitrogens with zero attached hydrogens (tertiary/aromatic N) is 3. The lowest BCUT2D eigenvalue weighted by Gasteiger charge is -2.14. The van der Waals surface area contributed by atoms with Crippen LogP contribution in [0.25, 0.3) is 11.3 Å². The first-order valence-corrected chi connectivity index (χ1v) is 9.23. The first kappa shape index (κ1) is 18.9. The fourth-order valence-electron chi connectivity index (χ4n) is 2.76. The zero-order chi connectivity index (χ0) is 19.1. The average molecular weight is 361 g/mol. The zero-order valence-corrected chi connectivity index (χ0v) is 16.2. The third kappa shape index (κ3) is 5.53. The molecule has 0 amide bonds. The minimum Gasteiger partial charge on any atom is -0.366 e. The van der Waals surface area contributed by atoms with E-state index in [1.54, 1.807) is 0 Å². The molecule has 0 aliphatic rings. The molecule has 0 fully saturated rings. The largest absolute Gasteiger partial charge is 0.366 e. The number of aryl methyl sites for hydroxylation is 1. The van der Waals surface area contributed by atoms with E-state index in [0.29, 0.717) is 5.95 Å². The Hall–Kier alpha value is -2.92. The van der Waals surface area contributed by atoms with Gasteiger partial charge in [0.1, 0.15) is 5.82 Å². The number of hydrogen-bond acceptors (Lipinski definition) is 5. The zero-order valence-electron chi connectivity index (χ0n) is 16.2.